The molecule has 0 radical (unpaired) electrons. The molecule has 1 aromatic rings. The van der Waals surface area contributed by atoms with Crippen LogP contribution in [0.1, 0.15) is 39.3 Å². The summed E-state index contributed by atoms with van der Waals surface area (Å²) >= 11 is 0. The fourth-order valence-corrected chi connectivity index (χ4v) is 4.73. The van der Waals surface area contributed by atoms with E-state index >= 15 is 0 Å². The summed E-state index contributed by atoms with van der Waals surface area (Å²) < 4.78 is 29.6. The lowest BCUT2D eigenvalue weighted by Gasteiger charge is -2.37. The van der Waals surface area contributed by atoms with Gasteiger partial charge in [0.15, 0.2) is 9.84 Å². The number of ether oxygens (including phenoxy) is 1. The summed E-state index contributed by atoms with van der Waals surface area (Å²) in [7, 11) is -3.01. The molecule has 20 heavy (non-hydrogen) atoms. The highest BCUT2D eigenvalue weighted by molar-refractivity contribution is 7.91. The van der Waals surface area contributed by atoms with Gasteiger partial charge < -0.3 is 10.1 Å². The topological polar surface area (TPSA) is 55.4 Å². The van der Waals surface area contributed by atoms with Crippen molar-refractivity contribution < 1.29 is 13.2 Å². The van der Waals surface area contributed by atoms with Crippen LogP contribution in [0, 0.1) is 0 Å². The van der Waals surface area contributed by atoms with Crippen LogP contribution in [0.15, 0.2) is 24.3 Å². The van der Waals surface area contributed by atoms with Crippen LogP contribution in [0.5, 0.6) is 5.75 Å². The van der Waals surface area contributed by atoms with Crippen molar-refractivity contribution in [3.63, 3.8) is 0 Å². The van der Waals surface area contributed by atoms with E-state index < -0.39 is 15.4 Å². The minimum Gasteiger partial charge on any atom is -0.491 e. The number of benzene rings is 1. The molecule has 4 nitrogen and oxygen atoms in total. The molecule has 0 aromatic heterocycles. The molecule has 5 heteroatoms. The summed E-state index contributed by atoms with van der Waals surface area (Å²) in [6.07, 6.45) is 0.132. The van der Waals surface area contributed by atoms with E-state index in [0.717, 1.165) is 11.3 Å². The maximum atomic E-state index is 12.0. The fraction of sp³-hybridized carbons (Fsp3) is 0.600. The summed E-state index contributed by atoms with van der Waals surface area (Å²) in [5, 5.41) is 3.40. The van der Waals surface area contributed by atoms with Crippen LogP contribution in [0.4, 0.5) is 0 Å². The number of nitrogens with one attached hydrogen (secondary N) is 1. The van der Waals surface area contributed by atoms with Gasteiger partial charge in [-0.25, -0.2) is 8.42 Å². The molecule has 112 valence electrons. The first kappa shape index (κ1) is 15.3. The molecule has 1 aliphatic rings. The molecule has 1 aromatic carbocycles. The first-order valence-electron chi connectivity index (χ1n) is 6.92. The molecule has 0 bridgehead atoms. The average molecular weight is 297 g/mol. The average Bonchev–Trinajstić information content (AvgIpc) is 2.24. The second kappa shape index (κ2) is 5.37. The largest absolute Gasteiger partial charge is 0.491 e. The van der Waals surface area contributed by atoms with Gasteiger partial charge >= 0.3 is 0 Å². The highest BCUT2D eigenvalue weighted by Gasteiger charge is 2.36. The lowest BCUT2D eigenvalue weighted by molar-refractivity contribution is 0.242. The quantitative estimate of drug-likeness (QED) is 0.930. The van der Waals surface area contributed by atoms with Crippen LogP contribution in [0.3, 0.4) is 0 Å². The van der Waals surface area contributed by atoms with Crippen molar-refractivity contribution in [2.45, 2.75) is 45.4 Å². The number of sulfone groups is 1. The zero-order chi connectivity index (χ0) is 15.0. The van der Waals surface area contributed by atoms with Crippen molar-refractivity contribution in [2.24, 2.45) is 0 Å². The zero-order valence-electron chi connectivity index (χ0n) is 12.5. The van der Waals surface area contributed by atoms with Crippen LogP contribution < -0.4 is 10.1 Å². The van der Waals surface area contributed by atoms with Crippen LogP contribution in [-0.2, 0) is 9.84 Å². The second-order valence-corrected chi connectivity index (χ2v) is 8.48. The molecule has 0 amide bonds. The molecule has 1 saturated heterocycles. The van der Waals surface area contributed by atoms with Gasteiger partial charge in [-0.05, 0) is 45.4 Å². The maximum absolute atomic E-state index is 12.0. The Morgan fingerprint density at radius 2 is 1.85 bits per heavy atom. The molecule has 1 heterocycles. The summed E-state index contributed by atoms with van der Waals surface area (Å²) in [6, 6.07) is 7.51. The maximum Gasteiger partial charge on any atom is 0.153 e. The SMILES string of the molecule is CC(C)Oc1ccc(C2CS(=O)(=O)CC(C)(C)N2)cc1. The third-order valence-corrected chi connectivity index (χ3v) is 5.22. The van der Waals surface area contributed by atoms with E-state index in [4.69, 9.17) is 4.74 Å². The Labute approximate surface area is 121 Å². The molecule has 0 spiro atoms. The summed E-state index contributed by atoms with van der Waals surface area (Å²) in [5.74, 6) is 1.15. The van der Waals surface area contributed by atoms with E-state index in [9.17, 15) is 8.42 Å². The van der Waals surface area contributed by atoms with Gasteiger partial charge in [-0.3, -0.25) is 0 Å². The number of hydrogen-bond acceptors (Lipinski definition) is 4. The highest BCUT2D eigenvalue weighted by Crippen LogP contribution is 2.27. The molecule has 1 atom stereocenters. The lowest BCUT2D eigenvalue weighted by Crippen LogP contribution is -2.54. The molecular formula is C15H23NO3S. The Bertz CT molecular complexity index is 561. The zero-order valence-corrected chi connectivity index (χ0v) is 13.3. The Morgan fingerprint density at radius 1 is 1.25 bits per heavy atom. The molecular weight excluding hydrogens is 274 g/mol. The molecule has 1 fully saturated rings. The van der Waals surface area contributed by atoms with Gasteiger partial charge in [-0.15, -0.1) is 0 Å². The minimum absolute atomic E-state index is 0.132. The van der Waals surface area contributed by atoms with Crippen molar-refractivity contribution >= 4 is 9.84 Å². The van der Waals surface area contributed by atoms with Crippen molar-refractivity contribution in [1.29, 1.82) is 0 Å². The fourth-order valence-electron chi connectivity index (χ4n) is 2.65. The smallest absolute Gasteiger partial charge is 0.153 e. The number of rotatable bonds is 3. The molecule has 0 saturated carbocycles. The van der Waals surface area contributed by atoms with Gasteiger partial charge in [0.05, 0.1) is 17.6 Å². The lowest BCUT2D eigenvalue weighted by atomic mass is 10.0. The van der Waals surface area contributed by atoms with Gasteiger partial charge in [0, 0.05) is 11.6 Å². The molecule has 1 aliphatic heterocycles. The summed E-state index contributed by atoms with van der Waals surface area (Å²) in [4.78, 5) is 0. The molecule has 1 N–H and O–H groups in total. The second-order valence-electron chi connectivity index (χ2n) is 6.37. The van der Waals surface area contributed by atoms with Crippen LogP contribution in [0.25, 0.3) is 0 Å². The van der Waals surface area contributed by atoms with E-state index in [1.807, 2.05) is 52.0 Å². The van der Waals surface area contributed by atoms with Crippen LogP contribution in [0.2, 0.25) is 0 Å². The standard InChI is InChI=1S/C15H23NO3S/c1-11(2)19-13-7-5-12(6-8-13)14-9-20(17,18)10-15(3,4)16-14/h5-8,11,14,16H,9-10H2,1-4H3. The van der Waals surface area contributed by atoms with Crippen LogP contribution in [-0.4, -0.2) is 31.6 Å². The van der Waals surface area contributed by atoms with Gasteiger partial charge in [0.2, 0.25) is 0 Å². The van der Waals surface area contributed by atoms with E-state index in [1.54, 1.807) is 0 Å². The third-order valence-electron chi connectivity index (χ3n) is 3.22. The predicted molar refractivity (Wildman–Crippen MR) is 80.8 cm³/mol. The summed E-state index contributed by atoms with van der Waals surface area (Å²) in [6.45, 7) is 7.80. The molecule has 0 aliphatic carbocycles. The predicted octanol–water partition coefficient (Wildman–Crippen LogP) is 2.31. The van der Waals surface area contributed by atoms with Gasteiger partial charge in [0.25, 0.3) is 0 Å². The van der Waals surface area contributed by atoms with Crippen LogP contribution >= 0.6 is 0 Å². The Kier molecular flexibility index (Phi) is 4.12. The third kappa shape index (κ3) is 3.96. The van der Waals surface area contributed by atoms with Crippen molar-refractivity contribution in [3.05, 3.63) is 29.8 Å². The van der Waals surface area contributed by atoms with Crippen molar-refractivity contribution in [3.8, 4) is 5.75 Å². The first-order valence-corrected chi connectivity index (χ1v) is 8.74. The Hall–Kier alpha value is -1.07. The van der Waals surface area contributed by atoms with E-state index in [1.165, 1.54) is 0 Å². The molecule has 2 rings (SSSR count). The number of hydrogen-bond donors (Lipinski definition) is 1. The first-order chi connectivity index (χ1) is 9.17. The van der Waals surface area contributed by atoms with Gasteiger partial charge in [-0.1, -0.05) is 12.1 Å². The van der Waals surface area contributed by atoms with Gasteiger partial charge in [-0.2, -0.15) is 0 Å². The van der Waals surface area contributed by atoms with Gasteiger partial charge in [0.1, 0.15) is 5.75 Å². The molecule has 1 unspecified atom stereocenters. The van der Waals surface area contributed by atoms with E-state index in [-0.39, 0.29) is 23.7 Å². The summed E-state index contributed by atoms with van der Waals surface area (Å²) in [5.41, 5.74) is 0.590. The Morgan fingerprint density at radius 3 is 2.35 bits per heavy atom. The monoisotopic (exact) mass is 297 g/mol. The van der Waals surface area contributed by atoms with Crippen molar-refractivity contribution in [2.75, 3.05) is 11.5 Å². The van der Waals surface area contributed by atoms with E-state index in [2.05, 4.69) is 5.32 Å². The van der Waals surface area contributed by atoms with Crippen molar-refractivity contribution in [1.82, 2.24) is 5.32 Å². The van der Waals surface area contributed by atoms with E-state index in [0.29, 0.717) is 0 Å². The normalized spacial score (nSPS) is 24.6. The Balaban J connectivity index is 2.19. The highest BCUT2D eigenvalue weighted by atomic mass is 32.2. The minimum atomic E-state index is -3.01.